The van der Waals surface area contributed by atoms with Crippen molar-refractivity contribution in [2.75, 3.05) is 0 Å². The molecule has 0 amide bonds. The lowest BCUT2D eigenvalue weighted by molar-refractivity contribution is 0.911. The highest BCUT2D eigenvalue weighted by Gasteiger charge is 2.03. The molecule has 1 unspecified atom stereocenters. The molecule has 1 atom stereocenters. The van der Waals surface area contributed by atoms with Crippen LogP contribution in [0.2, 0.25) is 0 Å². The van der Waals surface area contributed by atoms with Crippen molar-refractivity contribution in [3.8, 4) is 0 Å². The topological polar surface area (TPSA) is 52.0 Å². The molecule has 17 heavy (non-hydrogen) atoms. The molecule has 2 nitrogen and oxygen atoms in total. The van der Waals surface area contributed by atoms with E-state index in [0.717, 1.165) is 11.1 Å². The highest BCUT2D eigenvalue weighted by molar-refractivity contribution is 5.63. The van der Waals surface area contributed by atoms with Gasteiger partial charge in [-0.05, 0) is 17.2 Å². The van der Waals surface area contributed by atoms with E-state index < -0.39 is 0 Å². The summed E-state index contributed by atoms with van der Waals surface area (Å²) in [6.45, 7) is 0. The first kappa shape index (κ1) is 11.4. The Balaban J connectivity index is 2.20. The monoisotopic (exact) mass is 224 g/mol. The van der Waals surface area contributed by atoms with Gasteiger partial charge in [0.25, 0.3) is 0 Å². The maximum absolute atomic E-state index is 6.08. The predicted molar refractivity (Wildman–Crippen MR) is 72.0 cm³/mol. The van der Waals surface area contributed by atoms with Gasteiger partial charge in [0.15, 0.2) is 0 Å². The van der Waals surface area contributed by atoms with Crippen LogP contribution < -0.4 is 11.5 Å². The van der Waals surface area contributed by atoms with E-state index in [1.807, 2.05) is 66.7 Å². The van der Waals surface area contributed by atoms with Crippen molar-refractivity contribution < 1.29 is 0 Å². The standard InChI is InChI=1S/C15H16N2/c16-14(12-7-3-1-4-8-12)11-15(17)13-9-5-2-6-10-13/h1-11,14H,16-17H2. The first-order valence-corrected chi connectivity index (χ1v) is 5.60. The zero-order valence-electron chi connectivity index (χ0n) is 9.58. The van der Waals surface area contributed by atoms with Crippen molar-refractivity contribution in [2.24, 2.45) is 11.5 Å². The van der Waals surface area contributed by atoms with Gasteiger partial charge in [-0.2, -0.15) is 0 Å². The fourth-order valence-electron chi connectivity index (χ4n) is 1.69. The van der Waals surface area contributed by atoms with Gasteiger partial charge in [0.2, 0.25) is 0 Å². The lowest BCUT2D eigenvalue weighted by Crippen LogP contribution is -2.09. The van der Waals surface area contributed by atoms with Gasteiger partial charge in [-0.3, -0.25) is 0 Å². The van der Waals surface area contributed by atoms with Gasteiger partial charge in [0, 0.05) is 5.70 Å². The van der Waals surface area contributed by atoms with Crippen LogP contribution in [0.1, 0.15) is 17.2 Å². The Morgan fingerprint density at radius 2 is 1.41 bits per heavy atom. The molecule has 0 aliphatic carbocycles. The lowest BCUT2D eigenvalue weighted by Gasteiger charge is -2.09. The van der Waals surface area contributed by atoms with Crippen LogP contribution in [0.4, 0.5) is 0 Å². The van der Waals surface area contributed by atoms with Crippen LogP contribution in [0, 0.1) is 0 Å². The number of benzene rings is 2. The van der Waals surface area contributed by atoms with Crippen LogP contribution in [-0.2, 0) is 0 Å². The van der Waals surface area contributed by atoms with E-state index in [0.29, 0.717) is 5.70 Å². The molecule has 2 aromatic rings. The van der Waals surface area contributed by atoms with Crippen LogP contribution in [0.5, 0.6) is 0 Å². The normalized spacial score (nSPS) is 13.4. The number of nitrogens with two attached hydrogens (primary N) is 2. The minimum atomic E-state index is -0.170. The maximum Gasteiger partial charge on any atom is 0.0504 e. The molecule has 0 saturated heterocycles. The Labute approximate surface area is 102 Å². The van der Waals surface area contributed by atoms with Gasteiger partial charge >= 0.3 is 0 Å². The van der Waals surface area contributed by atoms with E-state index >= 15 is 0 Å². The van der Waals surface area contributed by atoms with Gasteiger partial charge in [-0.25, -0.2) is 0 Å². The Morgan fingerprint density at radius 3 is 2.00 bits per heavy atom. The van der Waals surface area contributed by atoms with Crippen molar-refractivity contribution in [2.45, 2.75) is 6.04 Å². The fourth-order valence-corrected chi connectivity index (χ4v) is 1.69. The van der Waals surface area contributed by atoms with Crippen molar-refractivity contribution in [1.29, 1.82) is 0 Å². The first-order chi connectivity index (χ1) is 8.27. The number of rotatable bonds is 3. The largest absolute Gasteiger partial charge is 0.398 e. The summed E-state index contributed by atoms with van der Waals surface area (Å²) >= 11 is 0. The van der Waals surface area contributed by atoms with Crippen LogP contribution in [0.3, 0.4) is 0 Å². The van der Waals surface area contributed by atoms with Gasteiger partial charge < -0.3 is 11.5 Å². The third kappa shape index (κ3) is 2.95. The lowest BCUT2D eigenvalue weighted by atomic mass is 10.0. The molecule has 0 radical (unpaired) electrons. The van der Waals surface area contributed by atoms with Crippen LogP contribution in [0.15, 0.2) is 66.7 Å². The Hall–Kier alpha value is -2.06. The van der Waals surface area contributed by atoms with Crippen molar-refractivity contribution >= 4 is 5.70 Å². The Bertz CT molecular complexity index is 489. The third-order valence-electron chi connectivity index (χ3n) is 2.65. The smallest absolute Gasteiger partial charge is 0.0504 e. The van der Waals surface area contributed by atoms with Crippen LogP contribution in [0.25, 0.3) is 5.70 Å². The van der Waals surface area contributed by atoms with Crippen molar-refractivity contribution in [3.05, 3.63) is 77.9 Å². The molecular formula is C15H16N2. The molecule has 0 bridgehead atoms. The summed E-state index contributed by atoms with van der Waals surface area (Å²) in [5.41, 5.74) is 14.9. The van der Waals surface area contributed by atoms with Crippen LogP contribution >= 0.6 is 0 Å². The fraction of sp³-hybridized carbons (Fsp3) is 0.0667. The molecule has 86 valence electrons. The van der Waals surface area contributed by atoms with Crippen LogP contribution in [-0.4, -0.2) is 0 Å². The van der Waals surface area contributed by atoms with Gasteiger partial charge in [0.05, 0.1) is 6.04 Å². The van der Waals surface area contributed by atoms with Gasteiger partial charge in [-0.1, -0.05) is 60.7 Å². The zero-order valence-corrected chi connectivity index (χ0v) is 9.58. The molecule has 0 fully saturated rings. The van der Waals surface area contributed by atoms with E-state index in [1.54, 1.807) is 0 Å². The average Bonchev–Trinajstić information content (AvgIpc) is 2.40. The summed E-state index contributed by atoms with van der Waals surface area (Å²) in [7, 11) is 0. The summed E-state index contributed by atoms with van der Waals surface area (Å²) in [5.74, 6) is 0. The molecule has 0 heterocycles. The summed E-state index contributed by atoms with van der Waals surface area (Å²) in [6, 6.07) is 19.6. The molecule has 2 heteroatoms. The summed E-state index contributed by atoms with van der Waals surface area (Å²) in [5, 5.41) is 0. The first-order valence-electron chi connectivity index (χ1n) is 5.60. The van der Waals surface area contributed by atoms with E-state index in [9.17, 15) is 0 Å². The van der Waals surface area contributed by atoms with Crippen molar-refractivity contribution in [1.82, 2.24) is 0 Å². The average molecular weight is 224 g/mol. The minimum absolute atomic E-state index is 0.170. The minimum Gasteiger partial charge on any atom is -0.398 e. The number of hydrogen-bond acceptors (Lipinski definition) is 2. The SMILES string of the molecule is NC(=CC(N)c1ccccc1)c1ccccc1. The summed E-state index contributed by atoms with van der Waals surface area (Å²) in [4.78, 5) is 0. The molecular weight excluding hydrogens is 208 g/mol. The highest BCUT2D eigenvalue weighted by atomic mass is 14.6. The van der Waals surface area contributed by atoms with E-state index in [-0.39, 0.29) is 6.04 Å². The quantitative estimate of drug-likeness (QED) is 0.842. The number of hydrogen-bond donors (Lipinski definition) is 2. The molecule has 4 N–H and O–H groups in total. The molecule has 0 aliphatic rings. The zero-order chi connectivity index (χ0) is 12.1. The molecule has 2 aromatic carbocycles. The van der Waals surface area contributed by atoms with Gasteiger partial charge in [-0.15, -0.1) is 0 Å². The van der Waals surface area contributed by atoms with E-state index in [4.69, 9.17) is 11.5 Å². The van der Waals surface area contributed by atoms with E-state index in [2.05, 4.69) is 0 Å². The van der Waals surface area contributed by atoms with E-state index in [1.165, 1.54) is 0 Å². The second-order valence-electron chi connectivity index (χ2n) is 3.92. The summed E-state index contributed by atoms with van der Waals surface area (Å²) in [6.07, 6.45) is 1.88. The molecule has 0 aromatic heterocycles. The summed E-state index contributed by atoms with van der Waals surface area (Å²) < 4.78 is 0. The molecule has 0 aliphatic heterocycles. The maximum atomic E-state index is 6.08. The third-order valence-corrected chi connectivity index (χ3v) is 2.65. The molecule has 2 rings (SSSR count). The Morgan fingerprint density at radius 1 is 0.882 bits per heavy atom. The highest BCUT2D eigenvalue weighted by Crippen LogP contribution is 2.16. The second-order valence-corrected chi connectivity index (χ2v) is 3.92. The Kier molecular flexibility index (Phi) is 3.58. The second kappa shape index (κ2) is 5.32. The molecule has 0 saturated carbocycles. The van der Waals surface area contributed by atoms with Gasteiger partial charge in [0.1, 0.15) is 0 Å². The predicted octanol–water partition coefficient (Wildman–Crippen LogP) is 2.69. The molecule has 0 spiro atoms. The van der Waals surface area contributed by atoms with Crippen molar-refractivity contribution in [3.63, 3.8) is 0 Å².